The molecule has 0 spiro atoms. The third kappa shape index (κ3) is 3.93. The average molecular weight is 228 g/mol. The zero-order chi connectivity index (χ0) is 11.9. The molecule has 1 heterocycles. The first-order valence-electron chi connectivity index (χ1n) is 5.93. The fourth-order valence-electron chi connectivity index (χ4n) is 1.85. The third-order valence-corrected chi connectivity index (χ3v) is 2.73. The number of piperidine rings is 1. The minimum Gasteiger partial charge on any atom is -0.341 e. The fourth-order valence-corrected chi connectivity index (χ4v) is 1.85. The molecule has 1 aromatic carbocycles. The molecule has 3 nitrogen and oxygen atoms in total. The van der Waals surface area contributed by atoms with Crippen molar-refractivity contribution in [2.24, 2.45) is 0 Å². The highest BCUT2D eigenvalue weighted by molar-refractivity contribution is 5.94. The first kappa shape index (κ1) is 11.7. The van der Waals surface area contributed by atoms with E-state index >= 15 is 0 Å². The molecule has 0 aliphatic carbocycles. The van der Waals surface area contributed by atoms with Crippen molar-refractivity contribution in [3.63, 3.8) is 0 Å². The van der Waals surface area contributed by atoms with Gasteiger partial charge >= 0.3 is 0 Å². The summed E-state index contributed by atoms with van der Waals surface area (Å²) in [6, 6.07) is 9.75. The van der Waals surface area contributed by atoms with E-state index < -0.39 is 0 Å². The standard InChI is InChI=1S/C14H16N2O/c17-14(16-13-7-4-10-15-11-13)9-8-12-5-2-1-3-6-12/h1-3,5-6,13,15H,4,7,10-11H2,(H,16,17)/t13-/m0/s1. The van der Waals surface area contributed by atoms with Crippen LogP contribution in [-0.4, -0.2) is 25.0 Å². The van der Waals surface area contributed by atoms with Gasteiger partial charge in [-0.1, -0.05) is 24.1 Å². The summed E-state index contributed by atoms with van der Waals surface area (Å²) < 4.78 is 0. The Balaban J connectivity index is 1.87. The van der Waals surface area contributed by atoms with E-state index in [0.717, 1.165) is 31.5 Å². The van der Waals surface area contributed by atoms with Gasteiger partial charge in [-0.05, 0) is 31.5 Å². The molecule has 0 saturated carbocycles. The Morgan fingerprint density at radius 1 is 1.35 bits per heavy atom. The van der Waals surface area contributed by atoms with Crippen LogP contribution in [0.25, 0.3) is 0 Å². The van der Waals surface area contributed by atoms with Gasteiger partial charge in [-0.15, -0.1) is 0 Å². The Labute approximate surface area is 102 Å². The summed E-state index contributed by atoms with van der Waals surface area (Å²) in [5, 5.41) is 6.17. The molecule has 0 radical (unpaired) electrons. The molecule has 1 aliphatic heterocycles. The summed E-state index contributed by atoms with van der Waals surface area (Å²) >= 11 is 0. The van der Waals surface area contributed by atoms with Crippen molar-refractivity contribution in [1.29, 1.82) is 0 Å². The molecule has 1 amide bonds. The van der Waals surface area contributed by atoms with Gasteiger partial charge in [-0.2, -0.15) is 0 Å². The molecule has 1 aliphatic rings. The highest BCUT2D eigenvalue weighted by atomic mass is 16.1. The zero-order valence-electron chi connectivity index (χ0n) is 9.70. The highest BCUT2D eigenvalue weighted by Gasteiger charge is 2.13. The van der Waals surface area contributed by atoms with Crippen LogP contribution in [0.15, 0.2) is 30.3 Å². The second kappa shape index (κ2) is 6.07. The van der Waals surface area contributed by atoms with Crippen molar-refractivity contribution in [3.8, 4) is 11.8 Å². The van der Waals surface area contributed by atoms with Gasteiger partial charge in [0.1, 0.15) is 0 Å². The molecule has 2 rings (SSSR count). The number of carbonyl (C=O) groups is 1. The van der Waals surface area contributed by atoms with Crippen molar-refractivity contribution in [2.75, 3.05) is 13.1 Å². The predicted molar refractivity (Wildman–Crippen MR) is 67.4 cm³/mol. The number of hydrogen-bond acceptors (Lipinski definition) is 2. The molecule has 1 fully saturated rings. The lowest BCUT2D eigenvalue weighted by Gasteiger charge is -2.22. The normalized spacial score (nSPS) is 18.9. The minimum atomic E-state index is -0.192. The molecule has 0 bridgehead atoms. The molecule has 1 aromatic rings. The fraction of sp³-hybridized carbons (Fsp3) is 0.357. The van der Waals surface area contributed by atoms with Gasteiger partial charge in [0.25, 0.3) is 5.91 Å². The smallest absolute Gasteiger partial charge is 0.296 e. The second-order valence-corrected chi connectivity index (χ2v) is 4.13. The monoisotopic (exact) mass is 228 g/mol. The molecule has 0 unspecified atom stereocenters. The molecule has 1 saturated heterocycles. The van der Waals surface area contributed by atoms with Crippen LogP contribution in [0.3, 0.4) is 0 Å². The Kier molecular flexibility index (Phi) is 4.17. The van der Waals surface area contributed by atoms with E-state index in [1.54, 1.807) is 0 Å². The summed E-state index contributed by atoms with van der Waals surface area (Å²) in [6.07, 6.45) is 2.14. The Hall–Kier alpha value is -1.79. The molecule has 2 N–H and O–H groups in total. The number of nitrogens with one attached hydrogen (secondary N) is 2. The lowest BCUT2D eigenvalue weighted by molar-refractivity contribution is -0.116. The summed E-state index contributed by atoms with van der Waals surface area (Å²) in [5.74, 6) is 5.28. The van der Waals surface area contributed by atoms with E-state index in [4.69, 9.17) is 0 Å². The number of rotatable bonds is 1. The SMILES string of the molecule is O=C(C#Cc1ccccc1)N[C@H]1CCCNC1. The van der Waals surface area contributed by atoms with E-state index in [9.17, 15) is 4.79 Å². The number of benzene rings is 1. The summed E-state index contributed by atoms with van der Waals surface area (Å²) in [4.78, 5) is 11.6. The van der Waals surface area contributed by atoms with Crippen LogP contribution in [0.4, 0.5) is 0 Å². The maximum atomic E-state index is 11.6. The van der Waals surface area contributed by atoms with Crippen molar-refractivity contribution in [1.82, 2.24) is 10.6 Å². The van der Waals surface area contributed by atoms with Crippen molar-refractivity contribution in [2.45, 2.75) is 18.9 Å². The van der Waals surface area contributed by atoms with Gasteiger partial charge in [-0.3, -0.25) is 4.79 Å². The second-order valence-electron chi connectivity index (χ2n) is 4.13. The number of amides is 1. The van der Waals surface area contributed by atoms with Gasteiger partial charge in [0.15, 0.2) is 0 Å². The molecule has 88 valence electrons. The number of hydrogen-bond donors (Lipinski definition) is 2. The molecular weight excluding hydrogens is 212 g/mol. The van der Waals surface area contributed by atoms with Gasteiger partial charge in [0.05, 0.1) is 0 Å². The Morgan fingerprint density at radius 2 is 2.18 bits per heavy atom. The van der Waals surface area contributed by atoms with E-state index in [-0.39, 0.29) is 11.9 Å². The maximum Gasteiger partial charge on any atom is 0.296 e. The molecule has 0 aromatic heterocycles. The van der Waals surface area contributed by atoms with Crippen LogP contribution in [0.1, 0.15) is 18.4 Å². The topological polar surface area (TPSA) is 41.1 Å². The van der Waals surface area contributed by atoms with Crippen LogP contribution in [0.5, 0.6) is 0 Å². The summed E-state index contributed by atoms with van der Waals surface area (Å²) in [7, 11) is 0. The van der Waals surface area contributed by atoms with E-state index in [2.05, 4.69) is 22.5 Å². The zero-order valence-corrected chi connectivity index (χ0v) is 9.70. The Morgan fingerprint density at radius 3 is 2.88 bits per heavy atom. The highest BCUT2D eigenvalue weighted by Crippen LogP contribution is 2.00. The van der Waals surface area contributed by atoms with Crippen LogP contribution >= 0.6 is 0 Å². The molecule has 1 atom stereocenters. The molecule has 17 heavy (non-hydrogen) atoms. The quantitative estimate of drug-likeness (QED) is 0.701. The Bertz CT molecular complexity index is 425. The third-order valence-electron chi connectivity index (χ3n) is 2.73. The molecular formula is C14H16N2O. The van der Waals surface area contributed by atoms with Crippen molar-refractivity contribution < 1.29 is 4.79 Å². The lowest BCUT2D eigenvalue weighted by atomic mass is 10.1. The van der Waals surface area contributed by atoms with E-state index in [1.165, 1.54) is 0 Å². The van der Waals surface area contributed by atoms with Crippen molar-refractivity contribution >= 4 is 5.91 Å². The van der Waals surface area contributed by atoms with Crippen LogP contribution in [0.2, 0.25) is 0 Å². The van der Waals surface area contributed by atoms with Gasteiger partial charge in [-0.25, -0.2) is 0 Å². The summed E-state index contributed by atoms with van der Waals surface area (Å²) in [5.41, 5.74) is 0.865. The lowest BCUT2D eigenvalue weighted by Crippen LogP contribution is -2.45. The van der Waals surface area contributed by atoms with Crippen LogP contribution in [-0.2, 0) is 4.79 Å². The average Bonchev–Trinajstić information content (AvgIpc) is 2.39. The first-order chi connectivity index (χ1) is 8.34. The largest absolute Gasteiger partial charge is 0.341 e. The van der Waals surface area contributed by atoms with Gasteiger partial charge < -0.3 is 10.6 Å². The van der Waals surface area contributed by atoms with Crippen molar-refractivity contribution in [3.05, 3.63) is 35.9 Å². The maximum absolute atomic E-state index is 11.6. The summed E-state index contributed by atoms with van der Waals surface area (Å²) in [6.45, 7) is 1.89. The minimum absolute atomic E-state index is 0.192. The van der Waals surface area contributed by atoms with Crippen LogP contribution < -0.4 is 10.6 Å². The van der Waals surface area contributed by atoms with E-state index in [0.29, 0.717) is 0 Å². The van der Waals surface area contributed by atoms with E-state index in [1.807, 2.05) is 30.3 Å². The van der Waals surface area contributed by atoms with Gasteiger partial charge in [0, 0.05) is 24.1 Å². The first-order valence-corrected chi connectivity index (χ1v) is 5.93. The predicted octanol–water partition coefficient (Wildman–Crippen LogP) is 0.906. The van der Waals surface area contributed by atoms with Crippen LogP contribution in [0, 0.1) is 11.8 Å². The number of carbonyl (C=O) groups excluding carboxylic acids is 1. The van der Waals surface area contributed by atoms with Gasteiger partial charge in [0.2, 0.25) is 0 Å². The molecule has 3 heteroatoms.